The lowest BCUT2D eigenvalue weighted by atomic mass is 10.1. The maximum atomic E-state index is 12.3. The zero-order chi connectivity index (χ0) is 19.9. The van der Waals surface area contributed by atoms with Crippen molar-refractivity contribution in [2.24, 2.45) is 0 Å². The summed E-state index contributed by atoms with van der Waals surface area (Å²) in [4.78, 5) is 26.7. The molecule has 0 atom stereocenters. The summed E-state index contributed by atoms with van der Waals surface area (Å²) >= 11 is 6.04. The van der Waals surface area contributed by atoms with E-state index in [9.17, 15) is 9.59 Å². The first-order valence-electron chi connectivity index (χ1n) is 9.33. The quantitative estimate of drug-likeness (QED) is 0.685. The van der Waals surface area contributed by atoms with Gasteiger partial charge in [0.05, 0.1) is 16.1 Å². The van der Waals surface area contributed by atoms with Crippen LogP contribution < -0.4 is 15.4 Å². The molecule has 3 N–H and O–H groups in total. The van der Waals surface area contributed by atoms with Gasteiger partial charge in [-0.1, -0.05) is 30.2 Å². The Morgan fingerprint density at radius 3 is 2.75 bits per heavy atom. The van der Waals surface area contributed by atoms with Gasteiger partial charge in [0.2, 0.25) is 5.88 Å². The molecule has 9 heteroatoms. The van der Waals surface area contributed by atoms with Gasteiger partial charge in [-0.25, -0.2) is 4.79 Å². The Bertz CT molecular complexity index is 833. The van der Waals surface area contributed by atoms with Crippen LogP contribution in [0, 0.1) is 6.92 Å². The smallest absolute Gasteiger partial charge is 0.389 e. The van der Waals surface area contributed by atoms with Crippen molar-refractivity contribution in [1.82, 2.24) is 20.4 Å². The van der Waals surface area contributed by atoms with Gasteiger partial charge in [-0.15, -0.1) is 5.10 Å². The Hall–Kier alpha value is -2.58. The minimum atomic E-state index is -0.574. The molecule has 1 aromatic heterocycles. The zero-order valence-corrected chi connectivity index (χ0v) is 16.5. The molecule has 2 amide bonds. The largest absolute Gasteiger partial charge is 0.414 e. The van der Waals surface area contributed by atoms with Crippen LogP contribution in [0.3, 0.4) is 0 Å². The number of halogens is 1. The van der Waals surface area contributed by atoms with Gasteiger partial charge >= 0.3 is 6.09 Å². The number of nitrogens with one attached hydrogen (secondary N) is 3. The van der Waals surface area contributed by atoms with E-state index in [-0.39, 0.29) is 11.8 Å². The predicted molar refractivity (Wildman–Crippen MR) is 107 cm³/mol. The molecule has 8 nitrogen and oxygen atoms in total. The normalized spacial score (nSPS) is 14.5. The molecule has 0 unspecified atom stereocenters. The van der Waals surface area contributed by atoms with Crippen molar-refractivity contribution in [3.63, 3.8) is 0 Å². The highest BCUT2D eigenvalue weighted by molar-refractivity contribution is 6.34. The van der Waals surface area contributed by atoms with Crippen LogP contribution in [0.25, 0.3) is 0 Å². The SMILES string of the molecule is Cc1c(OC(=O)NCCN2CCCCC2)n[nH]c1NC(=O)c1ccccc1Cl. The number of hydrogen-bond acceptors (Lipinski definition) is 5. The summed E-state index contributed by atoms with van der Waals surface area (Å²) in [5, 5.41) is 12.4. The summed E-state index contributed by atoms with van der Waals surface area (Å²) in [5.74, 6) is 0.0841. The van der Waals surface area contributed by atoms with Crippen LogP contribution in [-0.4, -0.2) is 53.3 Å². The minimum Gasteiger partial charge on any atom is -0.389 e. The van der Waals surface area contributed by atoms with Crippen LogP contribution in [-0.2, 0) is 0 Å². The number of rotatable bonds is 6. The lowest BCUT2D eigenvalue weighted by molar-refractivity contribution is 0.102. The average molecular weight is 406 g/mol. The van der Waals surface area contributed by atoms with Crippen molar-refractivity contribution >= 4 is 29.4 Å². The van der Waals surface area contributed by atoms with E-state index in [1.807, 2.05) is 0 Å². The number of aromatic amines is 1. The van der Waals surface area contributed by atoms with Crippen molar-refractivity contribution in [3.8, 4) is 5.88 Å². The summed E-state index contributed by atoms with van der Waals surface area (Å²) in [5.41, 5.74) is 0.864. The number of benzene rings is 1. The third-order valence-corrected chi connectivity index (χ3v) is 4.99. The highest BCUT2D eigenvalue weighted by Crippen LogP contribution is 2.23. The van der Waals surface area contributed by atoms with Crippen LogP contribution in [0.15, 0.2) is 24.3 Å². The molecule has 0 aliphatic carbocycles. The van der Waals surface area contributed by atoms with E-state index < -0.39 is 6.09 Å². The number of likely N-dealkylation sites (tertiary alicyclic amines) is 1. The Balaban J connectivity index is 1.50. The van der Waals surface area contributed by atoms with Crippen molar-refractivity contribution < 1.29 is 14.3 Å². The molecule has 2 heterocycles. The van der Waals surface area contributed by atoms with Gasteiger partial charge in [0.25, 0.3) is 5.91 Å². The highest BCUT2D eigenvalue weighted by Gasteiger charge is 2.18. The molecule has 150 valence electrons. The standard InChI is InChI=1S/C19H24ClN5O3/c1-13-16(22-17(26)14-7-3-4-8-15(14)20)23-24-18(13)28-19(27)21-9-12-25-10-5-2-6-11-25/h3-4,7-8H,2,5-6,9-12H2,1H3,(H,21,27)(H2,22,23,24,26). The lowest BCUT2D eigenvalue weighted by Gasteiger charge is -2.26. The first kappa shape index (κ1) is 20.2. The van der Waals surface area contributed by atoms with Crippen LogP contribution in [0.2, 0.25) is 5.02 Å². The van der Waals surface area contributed by atoms with Gasteiger partial charge in [0, 0.05) is 13.1 Å². The van der Waals surface area contributed by atoms with Gasteiger partial charge in [0.15, 0.2) is 0 Å². The van der Waals surface area contributed by atoms with Crippen molar-refractivity contribution in [1.29, 1.82) is 0 Å². The number of aromatic nitrogens is 2. The molecule has 0 radical (unpaired) electrons. The summed E-state index contributed by atoms with van der Waals surface area (Å²) in [7, 11) is 0. The molecule has 0 bridgehead atoms. The van der Waals surface area contributed by atoms with Gasteiger partial charge in [-0.2, -0.15) is 0 Å². The molecule has 2 aromatic rings. The molecule has 1 aromatic carbocycles. The molecule has 1 aliphatic heterocycles. The number of hydrogen-bond donors (Lipinski definition) is 3. The van der Waals surface area contributed by atoms with Gasteiger partial charge < -0.3 is 20.3 Å². The van der Waals surface area contributed by atoms with Crippen LogP contribution >= 0.6 is 11.6 Å². The van der Waals surface area contributed by atoms with Crippen molar-refractivity contribution in [2.75, 3.05) is 31.5 Å². The van der Waals surface area contributed by atoms with Crippen molar-refractivity contribution in [3.05, 3.63) is 40.4 Å². The fourth-order valence-corrected chi connectivity index (χ4v) is 3.27. The summed E-state index contributed by atoms with van der Waals surface area (Å²) in [6.45, 7) is 5.15. The maximum Gasteiger partial charge on any atom is 0.414 e. The Morgan fingerprint density at radius 2 is 2.00 bits per heavy atom. The second kappa shape index (κ2) is 9.57. The molecule has 1 aliphatic rings. The number of anilines is 1. The first-order chi connectivity index (χ1) is 13.5. The molecule has 0 saturated carbocycles. The number of nitrogens with zero attached hydrogens (tertiary/aromatic N) is 2. The third-order valence-electron chi connectivity index (χ3n) is 4.66. The lowest BCUT2D eigenvalue weighted by Crippen LogP contribution is -2.38. The van der Waals surface area contributed by atoms with E-state index in [0.717, 1.165) is 19.6 Å². The third kappa shape index (κ3) is 5.24. The molecule has 1 fully saturated rings. The molecule has 28 heavy (non-hydrogen) atoms. The minimum absolute atomic E-state index is 0.116. The average Bonchev–Trinajstić information content (AvgIpc) is 3.02. The number of carbonyl (C=O) groups is 2. The van der Waals surface area contributed by atoms with E-state index in [0.29, 0.717) is 28.5 Å². The number of ether oxygens (including phenoxy) is 1. The monoisotopic (exact) mass is 405 g/mol. The zero-order valence-electron chi connectivity index (χ0n) is 15.8. The molecular weight excluding hydrogens is 382 g/mol. The topological polar surface area (TPSA) is 99.3 Å². The fourth-order valence-electron chi connectivity index (χ4n) is 3.05. The second-order valence-corrected chi connectivity index (χ2v) is 7.09. The van der Waals surface area contributed by atoms with E-state index in [4.69, 9.17) is 16.3 Å². The van der Waals surface area contributed by atoms with Gasteiger partial charge in [0.1, 0.15) is 5.82 Å². The summed E-state index contributed by atoms with van der Waals surface area (Å²) < 4.78 is 5.24. The van der Waals surface area contributed by atoms with E-state index in [1.54, 1.807) is 31.2 Å². The molecule has 3 rings (SSSR count). The molecule has 1 saturated heterocycles. The van der Waals surface area contributed by atoms with E-state index >= 15 is 0 Å². The Labute approximate surface area is 168 Å². The fraction of sp³-hybridized carbons (Fsp3) is 0.421. The second-order valence-electron chi connectivity index (χ2n) is 6.68. The molecule has 0 spiro atoms. The van der Waals surface area contributed by atoms with Crippen LogP contribution in [0.5, 0.6) is 5.88 Å². The van der Waals surface area contributed by atoms with E-state index in [1.165, 1.54) is 19.3 Å². The Morgan fingerprint density at radius 1 is 1.25 bits per heavy atom. The number of amides is 2. The Kier molecular flexibility index (Phi) is 6.89. The highest BCUT2D eigenvalue weighted by atomic mass is 35.5. The van der Waals surface area contributed by atoms with Crippen LogP contribution in [0.4, 0.5) is 10.6 Å². The number of H-pyrrole nitrogens is 1. The number of piperidine rings is 1. The summed E-state index contributed by atoms with van der Waals surface area (Å²) in [6, 6.07) is 6.73. The predicted octanol–water partition coefficient (Wildman–Crippen LogP) is 3.20. The molecular formula is C19H24ClN5O3. The van der Waals surface area contributed by atoms with Crippen molar-refractivity contribution in [2.45, 2.75) is 26.2 Å². The van der Waals surface area contributed by atoms with E-state index in [2.05, 4.69) is 25.7 Å². The van der Waals surface area contributed by atoms with Gasteiger partial charge in [-0.05, 0) is 45.0 Å². The number of carbonyl (C=O) groups excluding carboxylic acids is 2. The first-order valence-corrected chi connectivity index (χ1v) is 9.71. The summed E-state index contributed by atoms with van der Waals surface area (Å²) in [6.07, 6.45) is 3.12. The van der Waals surface area contributed by atoms with Crippen LogP contribution in [0.1, 0.15) is 35.2 Å². The van der Waals surface area contributed by atoms with Gasteiger partial charge in [-0.3, -0.25) is 9.89 Å². The maximum absolute atomic E-state index is 12.3.